The van der Waals surface area contributed by atoms with Gasteiger partial charge in [0.15, 0.2) is 0 Å². The third kappa shape index (κ3) is 3.37. The van der Waals surface area contributed by atoms with E-state index in [2.05, 4.69) is 54.5 Å². The fourth-order valence-electron chi connectivity index (χ4n) is 9.10. The minimum atomic E-state index is -0.121. The normalized spacial score (nSPS) is 43.5. The van der Waals surface area contributed by atoms with Crippen molar-refractivity contribution < 1.29 is 5.11 Å². The Hall–Kier alpha value is -0.560. The van der Waals surface area contributed by atoms with Crippen molar-refractivity contribution in [3.8, 4) is 0 Å². The molecular weight excluding hydrogens is 364 g/mol. The van der Waals surface area contributed by atoms with Gasteiger partial charge in [-0.3, -0.25) is 0 Å². The monoisotopic (exact) mass is 412 g/mol. The minimum Gasteiger partial charge on any atom is -0.393 e. The van der Waals surface area contributed by atoms with E-state index in [0.717, 1.165) is 24.2 Å². The molecule has 0 aromatic rings. The molecule has 0 aliphatic heterocycles. The third-order valence-electron chi connectivity index (χ3n) is 10.8. The molecule has 0 spiro atoms. The largest absolute Gasteiger partial charge is 0.393 e. The van der Waals surface area contributed by atoms with Crippen molar-refractivity contribution in [1.29, 1.82) is 0 Å². The molecular formula is C29H48O. The zero-order valence-electron chi connectivity index (χ0n) is 21.0. The van der Waals surface area contributed by atoms with E-state index in [1.54, 1.807) is 0 Å². The first-order chi connectivity index (χ1) is 14.0. The Balaban J connectivity index is 1.59. The average molecular weight is 413 g/mol. The molecule has 4 aliphatic carbocycles. The van der Waals surface area contributed by atoms with Gasteiger partial charge in [-0.1, -0.05) is 57.4 Å². The predicted molar refractivity (Wildman–Crippen MR) is 128 cm³/mol. The van der Waals surface area contributed by atoms with Gasteiger partial charge < -0.3 is 5.11 Å². The molecule has 1 N–H and O–H groups in total. The first-order valence-corrected chi connectivity index (χ1v) is 13.1. The minimum absolute atomic E-state index is 0.0595. The Kier molecular flexibility index (Phi) is 5.87. The van der Waals surface area contributed by atoms with Crippen molar-refractivity contribution in [2.75, 3.05) is 0 Å². The maximum absolute atomic E-state index is 10.8. The summed E-state index contributed by atoms with van der Waals surface area (Å²) < 4.78 is 0. The fourth-order valence-corrected chi connectivity index (χ4v) is 9.10. The van der Waals surface area contributed by atoms with E-state index in [-0.39, 0.29) is 11.5 Å². The van der Waals surface area contributed by atoms with Crippen LogP contribution in [0.3, 0.4) is 0 Å². The molecule has 2 fully saturated rings. The van der Waals surface area contributed by atoms with Gasteiger partial charge in [0.25, 0.3) is 0 Å². The standard InChI is InChI=1S/C29H48O/c1-19(2)9-8-10-20(3)22-12-13-23-21-11-14-25-27(4,5)26(30)16-18-29(25,7)24(21)15-17-28(22,23)6/h9,20,22-23,25-26,30H,8,10-18H2,1-7H3/t20-,22-,23+,25+,26+,28-,29-/m1/s1. The number of hydrogen-bond acceptors (Lipinski definition) is 1. The molecule has 4 rings (SSSR count). The molecule has 0 bridgehead atoms. The number of hydrogen-bond donors (Lipinski definition) is 1. The second kappa shape index (κ2) is 7.79. The van der Waals surface area contributed by atoms with E-state index in [9.17, 15) is 5.11 Å². The summed E-state index contributed by atoms with van der Waals surface area (Å²) in [6, 6.07) is 0. The fraction of sp³-hybridized carbons (Fsp3) is 0.862. The van der Waals surface area contributed by atoms with Crippen LogP contribution in [-0.2, 0) is 0 Å². The zero-order valence-corrected chi connectivity index (χ0v) is 21.0. The summed E-state index contributed by atoms with van der Waals surface area (Å²) in [5.74, 6) is 3.23. The maximum atomic E-state index is 10.8. The molecule has 170 valence electrons. The Morgan fingerprint density at radius 1 is 1.03 bits per heavy atom. The molecule has 1 heteroatoms. The molecule has 1 nitrogen and oxygen atoms in total. The summed E-state index contributed by atoms with van der Waals surface area (Å²) >= 11 is 0. The predicted octanol–water partition coefficient (Wildman–Crippen LogP) is 8.09. The molecule has 0 unspecified atom stereocenters. The van der Waals surface area contributed by atoms with Crippen LogP contribution in [0.4, 0.5) is 0 Å². The lowest BCUT2D eigenvalue weighted by molar-refractivity contribution is -0.0931. The van der Waals surface area contributed by atoms with Crippen LogP contribution in [0.2, 0.25) is 0 Å². The Morgan fingerprint density at radius 3 is 2.47 bits per heavy atom. The SMILES string of the molecule is CC(C)=CCC[C@@H](C)[C@H]1CC[C@H]2C3=C(CC[C@]12C)[C@@]1(C)CC[C@H](O)C(C)(C)[C@@H]1CC3. The van der Waals surface area contributed by atoms with Gasteiger partial charge in [-0.05, 0) is 118 Å². The van der Waals surface area contributed by atoms with Gasteiger partial charge in [0, 0.05) is 0 Å². The van der Waals surface area contributed by atoms with Crippen LogP contribution in [0.25, 0.3) is 0 Å². The molecule has 0 amide bonds. The summed E-state index contributed by atoms with van der Waals surface area (Å²) in [5.41, 5.74) is 6.15. The Bertz CT molecular complexity index is 723. The van der Waals surface area contributed by atoms with Crippen LogP contribution < -0.4 is 0 Å². The number of aliphatic hydroxyl groups excluding tert-OH is 1. The number of rotatable bonds is 4. The van der Waals surface area contributed by atoms with Crippen molar-refractivity contribution in [3.05, 3.63) is 22.8 Å². The lowest BCUT2D eigenvalue weighted by atomic mass is 9.46. The van der Waals surface area contributed by atoms with E-state index in [0.29, 0.717) is 16.7 Å². The van der Waals surface area contributed by atoms with Gasteiger partial charge in [0.05, 0.1) is 6.10 Å². The van der Waals surface area contributed by atoms with Gasteiger partial charge in [0.1, 0.15) is 0 Å². The molecule has 30 heavy (non-hydrogen) atoms. The molecule has 7 atom stereocenters. The highest BCUT2D eigenvalue weighted by atomic mass is 16.3. The molecule has 0 radical (unpaired) electrons. The van der Waals surface area contributed by atoms with E-state index in [1.165, 1.54) is 63.4 Å². The number of aliphatic hydroxyl groups is 1. The van der Waals surface area contributed by atoms with Gasteiger partial charge in [0.2, 0.25) is 0 Å². The van der Waals surface area contributed by atoms with Crippen molar-refractivity contribution >= 4 is 0 Å². The van der Waals surface area contributed by atoms with Gasteiger partial charge in [-0.15, -0.1) is 0 Å². The highest BCUT2D eigenvalue weighted by Gasteiger charge is 2.59. The summed E-state index contributed by atoms with van der Waals surface area (Å²) in [7, 11) is 0. The third-order valence-corrected chi connectivity index (χ3v) is 10.8. The average Bonchev–Trinajstić information content (AvgIpc) is 3.02. The molecule has 0 heterocycles. The number of fused-ring (bicyclic) bond motifs is 4. The molecule has 0 aromatic heterocycles. The highest BCUT2D eigenvalue weighted by Crippen LogP contribution is 2.68. The van der Waals surface area contributed by atoms with E-state index in [1.807, 2.05) is 11.1 Å². The van der Waals surface area contributed by atoms with Crippen molar-refractivity contribution in [2.24, 2.45) is 39.9 Å². The topological polar surface area (TPSA) is 20.2 Å². The van der Waals surface area contributed by atoms with Gasteiger partial charge >= 0.3 is 0 Å². The van der Waals surface area contributed by atoms with E-state index >= 15 is 0 Å². The van der Waals surface area contributed by atoms with Crippen molar-refractivity contribution in [3.63, 3.8) is 0 Å². The Labute approximate surface area is 186 Å². The zero-order chi connectivity index (χ0) is 21.9. The lowest BCUT2D eigenvalue weighted by Crippen LogP contribution is -2.53. The summed E-state index contributed by atoms with van der Waals surface area (Å²) in [6.07, 6.45) is 15.3. The highest BCUT2D eigenvalue weighted by molar-refractivity contribution is 5.35. The smallest absolute Gasteiger partial charge is 0.0594 e. The van der Waals surface area contributed by atoms with E-state index < -0.39 is 0 Å². The number of allylic oxidation sites excluding steroid dienone is 4. The molecule has 2 saturated carbocycles. The molecule has 4 aliphatic rings. The van der Waals surface area contributed by atoms with Gasteiger partial charge in [-0.25, -0.2) is 0 Å². The second-order valence-electron chi connectivity index (χ2n) is 13.0. The summed E-state index contributed by atoms with van der Waals surface area (Å²) in [6.45, 7) is 16.9. The summed E-state index contributed by atoms with van der Waals surface area (Å²) in [4.78, 5) is 0. The maximum Gasteiger partial charge on any atom is 0.0594 e. The summed E-state index contributed by atoms with van der Waals surface area (Å²) in [5, 5.41) is 10.8. The first kappa shape index (κ1) is 22.6. The quantitative estimate of drug-likeness (QED) is 0.462. The van der Waals surface area contributed by atoms with Crippen LogP contribution in [0, 0.1) is 39.9 Å². The molecule has 0 saturated heterocycles. The van der Waals surface area contributed by atoms with Crippen molar-refractivity contribution in [2.45, 2.75) is 119 Å². The van der Waals surface area contributed by atoms with Crippen LogP contribution in [0.15, 0.2) is 22.8 Å². The van der Waals surface area contributed by atoms with Crippen LogP contribution in [-0.4, -0.2) is 11.2 Å². The van der Waals surface area contributed by atoms with Crippen LogP contribution in [0.5, 0.6) is 0 Å². The van der Waals surface area contributed by atoms with Gasteiger partial charge in [-0.2, -0.15) is 0 Å². The Morgan fingerprint density at radius 2 is 1.77 bits per heavy atom. The lowest BCUT2D eigenvalue weighted by Gasteiger charge is -2.60. The second-order valence-corrected chi connectivity index (χ2v) is 13.0. The van der Waals surface area contributed by atoms with E-state index in [4.69, 9.17) is 0 Å². The first-order valence-electron chi connectivity index (χ1n) is 13.1. The molecule has 0 aromatic carbocycles. The van der Waals surface area contributed by atoms with Crippen LogP contribution in [0.1, 0.15) is 113 Å². The van der Waals surface area contributed by atoms with Crippen molar-refractivity contribution in [1.82, 2.24) is 0 Å². The van der Waals surface area contributed by atoms with Crippen LogP contribution >= 0.6 is 0 Å².